The molecule has 1 aliphatic heterocycles. The first-order chi connectivity index (χ1) is 21.1. The minimum atomic E-state index is 0.132. The molecule has 0 unspecified atom stereocenters. The predicted octanol–water partition coefficient (Wildman–Crippen LogP) is 8.65. The third-order valence-corrected chi connectivity index (χ3v) is 8.74. The number of hydrogen-bond donors (Lipinski definition) is 0. The SMILES string of the molecule is CCCCCc1ccc(C(=O)N(Cc2ccc(-c3ccccc3)cc2)CC2CCN(Cc3ccc(OC)cc3)CC2)cc1. The standard InChI is InChI=1S/C39H46N2O2/c1-3-4-6-9-31-12-20-37(21-13-31)39(42)41(29-33-14-18-36(19-15-33)35-10-7-5-8-11-35)30-34-24-26-40(27-25-34)28-32-16-22-38(43-2)23-17-32/h5,7-8,10-23,34H,3-4,6,9,24-30H2,1-2H3. The summed E-state index contributed by atoms with van der Waals surface area (Å²) in [4.78, 5) is 18.6. The number of benzene rings is 4. The second kappa shape index (κ2) is 15.5. The van der Waals surface area contributed by atoms with Gasteiger partial charge in [0.15, 0.2) is 0 Å². The molecule has 4 heteroatoms. The average molecular weight is 575 g/mol. The summed E-state index contributed by atoms with van der Waals surface area (Å²) >= 11 is 0. The largest absolute Gasteiger partial charge is 0.497 e. The molecule has 1 saturated heterocycles. The van der Waals surface area contributed by atoms with Gasteiger partial charge < -0.3 is 9.64 Å². The van der Waals surface area contributed by atoms with Crippen LogP contribution in [0, 0.1) is 5.92 Å². The van der Waals surface area contributed by atoms with E-state index in [0.717, 1.165) is 56.8 Å². The number of likely N-dealkylation sites (tertiary alicyclic amines) is 1. The normalized spacial score (nSPS) is 14.0. The number of piperidine rings is 1. The van der Waals surface area contributed by atoms with Crippen molar-refractivity contribution in [1.82, 2.24) is 9.80 Å². The molecule has 43 heavy (non-hydrogen) atoms. The number of amides is 1. The van der Waals surface area contributed by atoms with Gasteiger partial charge in [0.1, 0.15) is 5.75 Å². The van der Waals surface area contributed by atoms with E-state index in [1.165, 1.54) is 47.1 Å². The Labute approximate surface area is 258 Å². The van der Waals surface area contributed by atoms with E-state index in [0.29, 0.717) is 12.5 Å². The van der Waals surface area contributed by atoms with E-state index in [1.54, 1.807) is 7.11 Å². The van der Waals surface area contributed by atoms with E-state index in [4.69, 9.17) is 4.74 Å². The molecule has 224 valence electrons. The summed E-state index contributed by atoms with van der Waals surface area (Å²) in [6.45, 7) is 6.70. The smallest absolute Gasteiger partial charge is 0.254 e. The Bertz CT molecular complexity index is 1390. The van der Waals surface area contributed by atoms with E-state index < -0.39 is 0 Å². The van der Waals surface area contributed by atoms with Crippen LogP contribution in [-0.2, 0) is 19.5 Å². The molecule has 4 aromatic rings. The van der Waals surface area contributed by atoms with Crippen molar-refractivity contribution in [3.05, 3.63) is 125 Å². The maximum absolute atomic E-state index is 13.9. The van der Waals surface area contributed by atoms with Gasteiger partial charge in [0.05, 0.1) is 7.11 Å². The summed E-state index contributed by atoms with van der Waals surface area (Å²) < 4.78 is 5.31. The van der Waals surface area contributed by atoms with Crippen molar-refractivity contribution in [1.29, 1.82) is 0 Å². The maximum atomic E-state index is 13.9. The summed E-state index contributed by atoms with van der Waals surface area (Å²) in [7, 11) is 1.71. The number of aryl methyl sites for hydroxylation is 1. The van der Waals surface area contributed by atoms with Gasteiger partial charge in [-0.05, 0) is 96.8 Å². The Kier molecular flexibility index (Phi) is 11.0. The van der Waals surface area contributed by atoms with Gasteiger partial charge in [0, 0.05) is 25.2 Å². The minimum Gasteiger partial charge on any atom is -0.497 e. The van der Waals surface area contributed by atoms with E-state index in [9.17, 15) is 4.79 Å². The predicted molar refractivity (Wildman–Crippen MR) is 177 cm³/mol. The first-order valence-electron chi connectivity index (χ1n) is 16.0. The third kappa shape index (κ3) is 8.81. The summed E-state index contributed by atoms with van der Waals surface area (Å²) in [5, 5.41) is 0. The number of methoxy groups -OCH3 is 1. The summed E-state index contributed by atoms with van der Waals surface area (Å²) in [6, 6.07) is 35.9. The fourth-order valence-electron chi connectivity index (χ4n) is 6.08. The maximum Gasteiger partial charge on any atom is 0.254 e. The highest BCUT2D eigenvalue weighted by Gasteiger charge is 2.25. The molecule has 5 rings (SSSR count). The first-order valence-corrected chi connectivity index (χ1v) is 16.0. The number of ether oxygens (including phenoxy) is 1. The molecule has 0 bridgehead atoms. The molecule has 0 spiro atoms. The zero-order chi connectivity index (χ0) is 29.9. The van der Waals surface area contributed by atoms with Gasteiger partial charge in [0.25, 0.3) is 5.91 Å². The molecule has 0 N–H and O–H groups in total. The van der Waals surface area contributed by atoms with Crippen LogP contribution in [-0.4, -0.2) is 42.5 Å². The Morgan fingerprint density at radius 1 is 0.767 bits per heavy atom. The molecule has 1 fully saturated rings. The molecule has 1 heterocycles. The second-order valence-electron chi connectivity index (χ2n) is 12.0. The van der Waals surface area contributed by atoms with Gasteiger partial charge in [-0.1, -0.05) is 98.6 Å². The van der Waals surface area contributed by atoms with Gasteiger partial charge in [0.2, 0.25) is 0 Å². The van der Waals surface area contributed by atoms with Gasteiger partial charge in [-0.15, -0.1) is 0 Å². The molecule has 0 aromatic heterocycles. The molecule has 0 saturated carbocycles. The van der Waals surface area contributed by atoms with Crippen LogP contribution in [0.15, 0.2) is 103 Å². The number of rotatable bonds is 13. The lowest BCUT2D eigenvalue weighted by Crippen LogP contribution is -2.40. The van der Waals surface area contributed by atoms with Crippen molar-refractivity contribution in [3.8, 4) is 16.9 Å². The Morgan fingerprint density at radius 3 is 2.05 bits per heavy atom. The summed E-state index contributed by atoms with van der Waals surface area (Å²) in [5.41, 5.74) is 7.00. The molecular formula is C39H46N2O2. The monoisotopic (exact) mass is 574 g/mol. The van der Waals surface area contributed by atoms with E-state index >= 15 is 0 Å². The zero-order valence-corrected chi connectivity index (χ0v) is 25.9. The minimum absolute atomic E-state index is 0.132. The highest BCUT2D eigenvalue weighted by Crippen LogP contribution is 2.25. The molecule has 1 amide bonds. The summed E-state index contributed by atoms with van der Waals surface area (Å²) in [6.07, 6.45) is 6.95. The van der Waals surface area contributed by atoms with Crippen LogP contribution in [0.3, 0.4) is 0 Å². The highest BCUT2D eigenvalue weighted by atomic mass is 16.5. The number of carbonyl (C=O) groups is 1. The van der Waals surface area contributed by atoms with Crippen LogP contribution in [0.4, 0.5) is 0 Å². The fourth-order valence-corrected chi connectivity index (χ4v) is 6.08. The van der Waals surface area contributed by atoms with Crippen LogP contribution in [0.1, 0.15) is 66.1 Å². The molecular weight excluding hydrogens is 528 g/mol. The average Bonchev–Trinajstić information content (AvgIpc) is 3.06. The number of carbonyl (C=O) groups excluding carboxylic acids is 1. The van der Waals surface area contributed by atoms with E-state index in [2.05, 4.69) is 89.5 Å². The Morgan fingerprint density at radius 2 is 1.40 bits per heavy atom. The molecule has 0 atom stereocenters. The lowest BCUT2D eigenvalue weighted by Gasteiger charge is -2.35. The quantitative estimate of drug-likeness (QED) is 0.150. The lowest BCUT2D eigenvalue weighted by atomic mass is 9.95. The zero-order valence-electron chi connectivity index (χ0n) is 25.9. The topological polar surface area (TPSA) is 32.8 Å². The lowest BCUT2D eigenvalue weighted by molar-refractivity contribution is 0.0671. The van der Waals surface area contributed by atoms with Gasteiger partial charge in [-0.2, -0.15) is 0 Å². The highest BCUT2D eigenvalue weighted by molar-refractivity contribution is 5.94. The number of unbranched alkanes of at least 4 members (excludes halogenated alkanes) is 2. The van der Waals surface area contributed by atoms with Crippen molar-refractivity contribution in [2.24, 2.45) is 5.92 Å². The summed E-state index contributed by atoms with van der Waals surface area (Å²) in [5.74, 6) is 1.52. The van der Waals surface area contributed by atoms with Crippen molar-refractivity contribution >= 4 is 5.91 Å². The second-order valence-corrected chi connectivity index (χ2v) is 12.0. The van der Waals surface area contributed by atoms with Crippen molar-refractivity contribution in [2.45, 2.75) is 58.5 Å². The van der Waals surface area contributed by atoms with Crippen LogP contribution in [0.25, 0.3) is 11.1 Å². The van der Waals surface area contributed by atoms with Gasteiger partial charge in [-0.25, -0.2) is 0 Å². The van der Waals surface area contributed by atoms with Gasteiger partial charge >= 0.3 is 0 Å². The first kappa shape index (κ1) is 30.6. The molecule has 0 aliphatic carbocycles. The van der Waals surface area contributed by atoms with Crippen LogP contribution in [0.2, 0.25) is 0 Å². The van der Waals surface area contributed by atoms with Crippen LogP contribution >= 0.6 is 0 Å². The van der Waals surface area contributed by atoms with Crippen molar-refractivity contribution in [3.63, 3.8) is 0 Å². The van der Waals surface area contributed by atoms with Crippen LogP contribution < -0.4 is 4.74 Å². The molecule has 4 aromatic carbocycles. The molecule has 4 nitrogen and oxygen atoms in total. The Hall–Kier alpha value is -3.89. The van der Waals surface area contributed by atoms with Gasteiger partial charge in [-0.3, -0.25) is 9.69 Å². The van der Waals surface area contributed by atoms with E-state index in [1.807, 2.05) is 30.3 Å². The van der Waals surface area contributed by atoms with Crippen LogP contribution in [0.5, 0.6) is 5.75 Å². The number of nitrogens with zero attached hydrogens (tertiary/aromatic N) is 2. The third-order valence-electron chi connectivity index (χ3n) is 8.74. The van der Waals surface area contributed by atoms with Crippen molar-refractivity contribution < 1.29 is 9.53 Å². The molecule has 0 radical (unpaired) electrons. The fraction of sp³-hybridized carbons (Fsp3) is 0.359. The van der Waals surface area contributed by atoms with Crippen molar-refractivity contribution in [2.75, 3.05) is 26.7 Å². The Balaban J connectivity index is 1.24. The molecule has 1 aliphatic rings. The number of hydrogen-bond acceptors (Lipinski definition) is 3. The van der Waals surface area contributed by atoms with E-state index in [-0.39, 0.29) is 5.91 Å².